The zero-order valence-corrected chi connectivity index (χ0v) is 11.9. The second-order valence-electron chi connectivity index (χ2n) is 4.12. The lowest BCUT2D eigenvalue weighted by atomic mass is 10.2. The molecule has 0 aromatic heterocycles. The number of halogens is 1. The number of non-ortho nitro benzene ring substituents is 1. The first-order valence-corrected chi connectivity index (χ1v) is 6.55. The Morgan fingerprint density at radius 2 is 1.95 bits per heavy atom. The molecule has 0 heterocycles. The molecule has 0 amide bonds. The maximum atomic E-state index is 10.6. The Hall–Kier alpha value is -2.39. The Labute approximate surface area is 124 Å². The van der Waals surface area contributed by atoms with Gasteiger partial charge in [0.15, 0.2) is 0 Å². The van der Waals surface area contributed by atoms with E-state index in [2.05, 4.69) is 27.3 Å². The normalized spacial score (nSPS) is 9.80. The minimum absolute atomic E-state index is 0.0722. The molecule has 0 spiro atoms. The van der Waals surface area contributed by atoms with Crippen molar-refractivity contribution in [1.29, 1.82) is 5.26 Å². The van der Waals surface area contributed by atoms with Gasteiger partial charge in [-0.1, -0.05) is 28.1 Å². The zero-order valence-electron chi connectivity index (χ0n) is 10.3. The molecule has 0 saturated carbocycles. The Bertz CT molecular complexity index is 678. The fraction of sp³-hybridized carbons (Fsp3) is 0.0714. The highest BCUT2D eigenvalue weighted by Gasteiger charge is 2.04. The molecule has 5 nitrogen and oxygen atoms in total. The van der Waals surface area contributed by atoms with Crippen molar-refractivity contribution in [2.45, 2.75) is 6.54 Å². The number of hydrogen-bond acceptors (Lipinski definition) is 4. The molecule has 2 rings (SSSR count). The molecule has 2 aromatic carbocycles. The van der Waals surface area contributed by atoms with Crippen LogP contribution in [0.15, 0.2) is 46.9 Å². The van der Waals surface area contributed by atoms with Gasteiger partial charge in [-0.3, -0.25) is 10.1 Å². The van der Waals surface area contributed by atoms with E-state index in [4.69, 9.17) is 5.26 Å². The molecule has 20 heavy (non-hydrogen) atoms. The number of anilines is 1. The minimum atomic E-state index is -0.426. The van der Waals surface area contributed by atoms with E-state index in [1.807, 2.05) is 6.07 Å². The van der Waals surface area contributed by atoms with Crippen LogP contribution in [0.2, 0.25) is 0 Å². The molecule has 6 heteroatoms. The summed E-state index contributed by atoms with van der Waals surface area (Å²) in [5, 5.41) is 22.6. The summed E-state index contributed by atoms with van der Waals surface area (Å²) in [4.78, 5) is 10.1. The van der Waals surface area contributed by atoms with Gasteiger partial charge in [0, 0.05) is 28.8 Å². The molecule has 100 valence electrons. The number of benzene rings is 2. The maximum Gasteiger partial charge on any atom is 0.269 e. The van der Waals surface area contributed by atoms with E-state index in [0.717, 1.165) is 15.7 Å². The van der Waals surface area contributed by atoms with Gasteiger partial charge in [0.05, 0.1) is 16.6 Å². The number of nitrogens with one attached hydrogen (secondary N) is 1. The largest absolute Gasteiger partial charge is 0.381 e. The van der Waals surface area contributed by atoms with Crippen molar-refractivity contribution in [3.05, 3.63) is 68.2 Å². The molecular weight excluding hydrogens is 322 g/mol. The van der Waals surface area contributed by atoms with E-state index in [0.29, 0.717) is 12.1 Å². The topological polar surface area (TPSA) is 79.0 Å². The zero-order chi connectivity index (χ0) is 14.5. The van der Waals surface area contributed by atoms with Gasteiger partial charge in [0.2, 0.25) is 0 Å². The third kappa shape index (κ3) is 3.56. The Balaban J connectivity index is 2.07. The molecule has 0 bridgehead atoms. The molecule has 0 radical (unpaired) electrons. The quantitative estimate of drug-likeness (QED) is 0.681. The van der Waals surface area contributed by atoms with Crippen LogP contribution in [0.4, 0.5) is 11.4 Å². The van der Waals surface area contributed by atoms with Crippen molar-refractivity contribution >= 4 is 27.3 Å². The van der Waals surface area contributed by atoms with Crippen LogP contribution in [0, 0.1) is 21.4 Å². The van der Waals surface area contributed by atoms with Crippen molar-refractivity contribution < 1.29 is 4.92 Å². The van der Waals surface area contributed by atoms with Gasteiger partial charge in [-0.15, -0.1) is 0 Å². The predicted octanol–water partition coefficient (Wildman–Crippen LogP) is 3.84. The van der Waals surface area contributed by atoms with Gasteiger partial charge in [0.25, 0.3) is 5.69 Å². The van der Waals surface area contributed by atoms with Crippen molar-refractivity contribution in [1.82, 2.24) is 0 Å². The summed E-state index contributed by atoms with van der Waals surface area (Å²) in [7, 11) is 0. The fourth-order valence-electron chi connectivity index (χ4n) is 1.70. The molecule has 1 N–H and O–H groups in total. The highest BCUT2D eigenvalue weighted by atomic mass is 79.9. The minimum Gasteiger partial charge on any atom is -0.381 e. The van der Waals surface area contributed by atoms with Crippen LogP contribution in [-0.4, -0.2) is 4.92 Å². The van der Waals surface area contributed by atoms with Crippen LogP contribution >= 0.6 is 15.9 Å². The molecule has 0 aliphatic carbocycles. The van der Waals surface area contributed by atoms with E-state index in [1.54, 1.807) is 24.3 Å². The van der Waals surface area contributed by atoms with Crippen LogP contribution in [0.3, 0.4) is 0 Å². The summed E-state index contributed by atoms with van der Waals surface area (Å²) in [6.07, 6.45) is 0. The molecule has 2 aromatic rings. The highest BCUT2D eigenvalue weighted by molar-refractivity contribution is 9.10. The van der Waals surface area contributed by atoms with Gasteiger partial charge < -0.3 is 5.32 Å². The van der Waals surface area contributed by atoms with Crippen molar-refractivity contribution in [2.75, 3.05) is 5.32 Å². The van der Waals surface area contributed by atoms with E-state index < -0.39 is 4.92 Å². The molecule has 0 aliphatic rings. The van der Waals surface area contributed by atoms with Gasteiger partial charge >= 0.3 is 0 Å². The predicted molar refractivity (Wildman–Crippen MR) is 79.3 cm³/mol. The van der Waals surface area contributed by atoms with Crippen LogP contribution in [0.1, 0.15) is 11.1 Å². The van der Waals surface area contributed by atoms with E-state index in [9.17, 15) is 10.1 Å². The van der Waals surface area contributed by atoms with Crippen LogP contribution in [0.25, 0.3) is 0 Å². The standard InChI is InChI=1S/C14H10BrN3O2/c15-12-5-11(8-16)6-13(7-12)17-9-10-1-3-14(4-2-10)18(19)20/h1-7,17H,9H2. The summed E-state index contributed by atoms with van der Waals surface area (Å²) in [5.41, 5.74) is 2.37. The summed E-state index contributed by atoms with van der Waals surface area (Å²) >= 11 is 3.34. The Morgan fingerprint density at radius 3 is 2.55 bits per heavy atom. The number of rotatable bonds is 4. The smallest absolute Gasteiger partial charge is 0.269 e. The second-order valence-corrected chi connectivity index (χ2v) is 5.03. The van der Waals surface area contributed by atoms with Crippen LogP contribution < -0.4 is 5.32 Å². The number of hydrogen-bond donors (Lipinski definition) is 1. The SMILES string of the molecule is N#Cc1cc(Br)cc(NCc2ccc([N+](=O)[O-])cc2)c1. The van der Waals surface area contributed by atoms with Crippen molar-refractivity contribution in [2.24, 2.45) is 0 Å². The average molecular weight is 332 g/mol. The number of nitro groups is 1. The highest BCUT2D eigenvalue weighted by Crippen LogP contribution is 2.20. The summed E-state index contributed by atoms with van der Waals surface area (Å²) < 4.78 is 0.822. The lowest BCUT2D eigenvalue weighted by Gasteiger charge is -2.07. The first-order chi connectivity index (χ1) is 9.58. The van der Waals surface area contributed by atoms with Gasteiger partial charge in [0.1, 0.15) is 0 Å². The lowest BCUT2D eigenvalue weighted by Crippen LogP contribution is -2.00. The monoisotopic (exact) mass is 331 g/mol. The van der Waals surface area contributed by atoms with E-state index in [1.165, 1.54) is 12.1 Å². The maximum absolute atomic E-state index is 10.6. The summed E-state index contributed by atoms with van der Waals surface area (Å²) in [5.74, 6) is 0. The summed E-state index contributed by atoms with van der Waals surface area (Å²) in [6, 6.07) is 13.8. The first-order valence-electron chi connectivity index (χ1n) is 5.76. The van der Waals surface area contributed by atoms with E-state index >= 15 is 0 Å². The van der Waals surface area contributed by atoms with Crippen LogP contribution in [0.5, 0.6) is 0 Å². The van der Waals surface area contributed by atoms with E-state index in [-0.39, 0.29) is 5.69 Å². The van der Waals surface area contributed by atoms with Crippen LogP contribution in [-0.2, 0) is 6.54 Å². The fourth-order valence-corrected chi connectivity index (χ4v) is 2.19. The van der Waals surface area contributed by atoms with Gasteiger partial charge in [-0.05, 0) is 23.8 Å². The molecule has 0 atom stereocenters. The average Bonchev–Trinajstić information content (AvgIpc) is 2.45. The van der Waals surface area contributed by atoms with Gasteiger partial charge in [-0.2, -0.15) is 5.26 Å². The molecule has 0 saturated heterocycles. The van der Waals surface area contributed by atoms with Crippen molar-refractivity contribution in [3.63, 3.8) is 0 Å². The lowest BCUT2D eigenvalue weighted by molar-refractivity contribution is -0.384. The molecular formula is C14H10BrN3O2. The summed E-state index contributed by atoms with van der Waals surface area (Å²) in [6.45, 7) is 0.527. The van der Waals surface area contributed by atoms with Gasteiger partial charge in [-0.25, -0.2) is 0 Å². The molecule has 0 fully saturated rings. The number of nitrogens with zero attached hydrogens (tertiary/aromatic N) is 2. The number of nitro benzene ring substituents is 1. The molecule has 0 aliphatic heterocycles. The molecule has 0 unspecified atom stereocenters. The third-order valence-electron chi connectivity index (χ3n) is 2.67. The number of nitriles is 1. The Kier molecular flexibility index (Phi) is 4.33. The third-order valence-corrected chi connectivity index (χ3v) is 3.13. The first kappa shape index (κ1) is 14.0. The van der Waals surface area contributed by atoms with Crippen molar-refractivity contribution in [3.8, 4) is 6.07 Å². The second kappa shape index (κ2) is 6.17. The Morgan fingerprint density at radius 1 is 1.25 bits per heavy atom.